The Morgan fingerprint density at radius 3 is 2.19 bits per heavy atom. The predicted molar refractivity (Wildman–Crippen MR) is 126 cm³/mol. The number of hydrogen-bond donors (Lipinski definition) is 1. The minimum atomic E-state index is -3.97. The number of halogens is 3. The summed E-state index contributed by atoms with van der Waals surface area (Å²) in [6, 6.07) is 17.8. The highest BCUT2D eigenvalue weighted by Crippen LogP contribution is 2.22. The van der Waals surface area contributed by atoms with Gasteiger partial charge in [0.2, 0.25) is 15.9 Å². The molecule has 1 N–H and O–H groups in total. The summed E-state index contributed by atoms with van der Waals surface area (Å²) in [5, 5.41) is 2.45. The summed E-state index contributed by atoms with van der Waals surface area (Å²) in [6.07, 6.45) is 0. The molecule has 1 amide bonds. The highest BCUT2D eigenvalue weighted by Gasteiger charge is 2.27. The Labute approximate surface area is 197 Å². The van der Waals surface area contributed by atoms with E-state index in [4.69, 9.17) is 0 Å². The molecule has 31 heavy (non-hydrogen) atoms. The molecule has 0 saturated carbocycles. The van der Waals surface area contributed by atoms with E-state index in [0.717, 1.165) is 14.3 Å². The topological polar surface area (TPSA) is 66.5 Å². The number of amides is 1. The first-order valence-electron chi connectivity index (χ1n) is 9.21. The van der Waals surface area contributed by atoms with E-state index in [1.165, 1.54) is 24.3 Å². The lowest BCUT2D eigenvalue weighted by Crippen LogP contribution is -2.37. The van der Waals surface area contributed by atoms with Crippen LogP contribution < -0.4 is 5.32 Å². The number of aryl methyl sites for hydroxylation is 1. The summed E-state index contributed by atoms with van der Waals surface area (Å²) in [7, 11) is -3.97. The van der Waals surface area contributed by atoms with Crippen LogP contribution in [0.5, 0.6) is 0 Å². The van der Waals surface area contributed by atoms with E-state index in [1.54, 1.807) is 42.5 Å². The molecule has 0 aliphatic heterocycles. The SMILES string of the molecule is Cc1ccc(S(=O)(=O)N(CC(=O)Nc2ccc(Br)cc2F)Cc2ccc(Br)cc2)cc1. The van der Waals surface area contributed by atoms with Crippen LogP contribution in [0.15, 0.2) is 80.6 Å². The van der Waals surface area contributed by atoms with Gasteiger partial charge >= 0.3 is 0 Å². The molecule has 3 rings (SSSR count). The molecule has 0 atom stereocenters. The van der Waals surface area contributed by atoms with Gasteiger partial charge in [0.1, 0.15) is 5.82 Å². The van der Waals surface area contributed by atoms with E-state index >= 15 is 0 Å². The fourth-order valence-corrected chi connectivity index (χ4v) is 4.80. The molecule has 9 heteroatoms. The first-order chi connectivity index (χ1) is 14.6. The highest BCUT2D eigenvalue weighted by atomic mass is 79.9. The fraction of sp³-hybridized carbons (Fsp3) is 0.136. The van der Waals surface area contributed by atoms with Gasteiger partial charge in [0.05, 0.1) is 17.1 Å². The zero-order valence-corrected chi connectivity index (χ0v) is 20.5. The van der Waals surface area contributed by atoms with Crippen molar-refractivity contribution >= 4 is 53.5 Å². The van der Waals surface area contributed by atoms with Gasteiger partial charge in [-0.15, -0.1) is 0 Å². The normalized spacial score (nSPS) is 11.5. The third-order valence-corrected chi connectivity index (χ3v) is 7.28. The maximum atomic E-state index is 14.1. The average molecular weight is 570 g/mol. The van der Waals surface area contributed by atoms with Crippen molar-refractivity contribution in [2.75, 3.05) is 11.9 Å². The molecule has 0 spiro atoms. The molecule has 0 aliphatic rings. The Balaban J connectivity index is 1.88. The zero-order valence-electron chi connectivity index (χ0n) is 16.5. The van der Waals surface area contributed by atoms with E-state index in [-0.39, 0.29) is 17.1 Å². The molecular formula is C22H19Br2FN2O3S. The van der Waals surface area contributed by atoms with E-state index in [9.17, 15) is 17.6 Å². The van der Waals surface area contributed by atoms with Crippen LogP contribution in [0.3, 0.4) is 0 Å². The number of carbonyl (C=O) groups excluding carboxylic acids is 1. The summed E-state index contributed by atoms with van der Waals surface area (Å²) in [6.45, 7) is 1.37. The maximum Gasteiger partial charge on any atom is 0.243 e. The number of carbonyl (C=O) groups is 1. The summed E-state index contributed by atoms with van der Waals surface area (Å²) in [5.41, 5.74) is 1.60. The summed E-state index contributed by atoms with van der Waals surface area (Å²) in [5.74, 6) is -1.27. The number of anilines is 1. The van der Waals surface area contributed by atoms with Crippen molar-refractivity contribution in [3.63, 3.8) is 0 Å². The Hall–Kier alpha value is -2.07. The van der Waals surface area contributed by atoms with Gasteiger partial charge in [-0.3, -0.25) is 4.79 Å². The van der Waals surface area contributed by atoms with E-state index < -0.39 is 28.3 Å². The Bertz CT molecular complexity index is 1180. The van der Waals surface area contributed by atoms with Crippen molar-refractivity contribution in [3.8, 4) is 0 Å². The van der Waals surface area contributed by atoms with E-state index in [2.05, 4.69) is 37.2 Å². The lowest BCUT2D eigenvalue weighted by atomic mass is 10.2. The number of rotatable bonds is 7. The number of nitrogens with zero attached hydrogens (tertiary/aromatic N) is 1. The minimum absolute atomic E-state index is 0.0142. The van der Waals surface area contributed by atoms with Gasteiger partial charge in [0.15, 0.2) is 0 Å². The van der Waals surface area contributed by atoms with Crippen molar-refractivity contribution in [2.24, 2.45) is 0 Å². The van der Waals surface area contributed by atoms with Crippen LogP contribution in [-0.2, 0) is 21.4 Å². The quantitative estimate of drug-likeness (QED) is 0.409. The maximum absolute atomic E-state index is 14.1. The van der Waals surface area contributed by atoms with Gasteiger partial charge in [0.25, 0.3) is 0 Å². The molecular weight excluding hydrogens is 551 g/mol. The van der Waals surface area contributed by atoms with Crippen molar-refractivity contribution in [3.05, 3.63) is 92.6 Å². The molecule has 0 aromatic heterocycles. The smallest absolute Gasteiger partial charge is 0.243 e. The Morgan fingerprint density at radius 2 is 1.58 bits per heavy atom. The van der Waals surface area contributed by atoms with Crippen LogP contribution >= 0.6 is 31.9 Å². The third-order valence-electron chi connectivity index (χ3n) is 4.46. The number of benzene rings is 3. The first kappa shape index (κ1) is 23.6. The lowest BCUT2D eigenvalue weighted by Gasteiger charge is -2.22. The second kappa shape index (κ2) is 10.0. The molecule has 0 unspecified atom stereocenters. The number of sulfonamides is 1. The van der Waals surface area contributed by atoms with E-state index in [1.807, 2.05) is 6.92 Å². The molecule has 0 fully saturated rings. The summed E-state index contributed by atoms with van der Waals surface area (Å²) in [4.78, 5) is 12.7. The highest BCUT2D eigenvalue weighted by molar-refractivity contribution is 9.10. The molecule has 0 saturated heterocycles. The van der Waals surface area contributed by atoms with Crippen molar-refractivity contribution < 1.29 is 17.6 Å². The van der Waals surface area contributed by atoms with Gasteiger partial charge in [-0.1, -0.05) is 61.7 Å². The van der Waals surface area contributed by atoms with Crippen LogP contribution in [0.4, 0.5) is 10.1 Å². The van der Waals surface area contributed by atoms with E-state index in [0.29, 0.717) is 10.0 Å². The molecule has 3 aromatic carbocycles. The molecule has 3 aromatic rings. The van der Waals surface area contributed by atoms with Crippen LogP contribution in [0.2, 0.25) is 0 Å². The second-order valence-electron chi connectivity index (χ2n) is 6.88. The third kappa shape index (κ3) is 6.22. The van der Waals surface area contributed by atoms with Crippen molar-refractivity contribution in [1.29, 1.82) is 0 Å². The summed E-state index contributed by atoms with van der Waals surface area (Å²) >= 11 is 6.51. The molecule has 0 bridgehead atoms. The van der Waals surface area contributed by atoms with Gasteiger partial charge in [0, 0.05) is 15.5 Å². The largest absolute Gasteiger partial charge is 0.322 e. The fourth-order valence-electron chi connectivity index (χ4n) is 2.82. The minimum Gasteiger partial charge on any atom is -0.322 e. The summed E-state index contributed by atoms with van der Waals surface area (Å²) < 4.78 is 43.1. The van der Waals surface area contributed by atoms with Gasteiger partial charge in [-0.05, 0) is 55.0 Å². The van der Waals surface area contributed by atoms with Crippen LogP contribution in [0, 0.1) is 12.7 Å². The van der Waals surface area contributed by atoms with Crippen LogP contribution in [0.1, 0.15) is 11.1 Å². The lowest BCUT2D eigenvalue weighted by molar-refractivity contribution is -0.116. The number of hydrogen-bond acceptors (Lipinski definition) is 3. The monoisotopic (exact) mass is 568 g/mol. The molecule has 0 aliphatic carbocycles. The molecule has 0 heterocycles. The first-order valence-corrected chi connectivity index (χ1v) is 12.2. The molecule has 162 valence electrons. The second-order valence-corrected chi connectivity index (χ2v) is 10.7. The Morgan fingerprint density at radius 1 is 0.968 bits per heavy atom. The van der Waals surface area contributed by atoms with Crippen LogP contribution in [0.25, 0.3) is 0 Å². The number of nitrogens with one attached hydrogen (secondary N) is 1. The Kier molecular flexibility index (Phi) is 7.64. The van der Waals surface area contributed by atoms with Gasteiger partial charge < -0.3 is 5.32 Å². The predicted octanol–water partition coefficient (Wildman–Crippen LogP) is 5.49. The molecule has 5 nitrogen and oxygen atoms in total. The van der Waals surface area contributed by atoms with Crippen LogP contribution in [-0.4, -0.2) is 25.2 Å². The average Bonchev–Trinajstić information content (AvgIpc) is 2.71. The van der Waals surface area contributed by atoms with Crippen molar-refractivity contribution in [2.45, 2.75) is 18.4 Å². The zero-order chi connectivity index (χ0) is 22.6. The standard InChI is InChI=1S/C22H19Br2FN2O3S/c1-15-2-9-19(10-3-15)31(29,30)27(13-16-4-6-17(23)7-5-16)14-22(28)26-21-11-8-18(24)12-20(21)25/h2-12H,13-14H2,1H3,(H,26,28). The van der Waals surface area contributed by atoms with Gasteiger partial charge in [-0.2, -0.15) is 4.31 Å². The van der Waals surface area contributed by atoms with Crippen molar-refractivity contribution in [1.82, 2.24) is 4.31 Å². The van der Waals surface area contributed by atoms with Gasteiger partial charge in [-0.25, -0.2) is 12.8 Å². The molecule has 0 radical (unpaired) electrons.